The Balaban J connectivity index is 1.31. The molecule has 0 aromatic heterocycles. The maximum atomic E-state index is 14.8. The lowest BCUT2D eigenvalue weighted by molar-refractivity contribution is -0.226. The summed E-state index contributed by atoms with van der Waals surface area (Å²) in [7, 11) is 0. The van der Waals surface area contributed by atoms with Crippen LogP contribution in [0.4, 0.5) is 13.2 Å². The number of unbranched alkanes of at least 4 members (excludes halogenated alkanes) is 9. The molecule has 1 aromatic rings. The van der Waals surface area contributed by atoms with E-state index in [1.165, 1.54) is 109 Å². The van der Waals surface area contributed by atoms with Gasteiger partial charge in [0.1, 0.15) is 11.3 Å². The van der Waals surface area contributed by atoms with Crippen molar-refractivity contribution >= 4 is 6.08 Å². The van der Waals surface area contributed by atoms with E-state index < -0.39 is 17.5 Å². The van der Waals surface area contributed by atoms with Crippen molar-refractivity contribution in [1.82, 2.24) is 0 Å². The molecule has 1 fully saturated rings. The lowest BCUT2D eigenvalue weighted by atomic mass is 9.80. The molecule has 0 bridgehead atoms. The van der Waals surface area contributed by atoms with Gasteiger partial charge in [0, 0.05) is 0 Å². The van der Waals surface area contributed by atoms with Crippen LogP contribution in [-0.4, -0.2) is 6.61 Å². The van der Waals surface area contributed by atoms with Crippen LogP contribution in [0.5, 0.6) is 5.75 Å². The number of rotatable bonds is 14. The number of hydrogen-bond acceptors (Lipinski definition) is 2. The van der Waals surface area contributed by atoms with Gasteiger partial charge in [-0.25, -0.2) is 4.39 Å². The highest BCUT2D eigenvalue weighted by Crippen LogP contribution is 2.43. The second-order valence-electron chi connectivity index (χ2n) is 10.4. The van der Waals surface area contributed by atoms with Gasteiger partial charge in [-0.05, 0) is 49.3 Å². The maximum absolute atomic E-state index is 14.8. The van der Waals surface area contributed by atoms with Crippen molar-refractivity contribution in [2.75, 3.05) is 6.61 Å². The number of ether oxygens (including phenoxy) is 2. The molecule has 0 saturated heterocycles. The van der Waals surface area contributed by atoms with Crippen LogP contribution in [0, 0.1) is 17.7 Å². The zero-order valence-corrected chi connectivity index (χ0v) is 21.2. The van der Waals surface area contributed by atoms with Crippen LogP contribution < -0.4 is 4.74 Å². The van der Waals surface area contributed by atoms with Crippen LogP contribution in [0.15, 0.2) is 17.9 Å². The summed E-state index contributed by atoms with van der Waals surface area (Å²) < 4.78 is 53.5. The fourth-order valence-corrected chi connectivity index (χ4v) is 5.42. The standard InChI is InChI=1S/C29H43F3O2/c1-3-4-5-6-7-8-9-10-11-12-13-23-14-16-24(17-15-23)21-33-26-19-18-25-20-22(2)34-29(31,32)27(25)28(26)30/h18-20,23-24H,3-17,21H2,1-2H3. The summed E-state index contributed by atoms with van der Waals surface area (Å²) in [5.74, 6) is 0.0958. The molecule has 2 nitrogen and oxygen atoms in total. The summed E-state index contributed by atoms with van der Waals surface area (Å²) in [6.45, 7) is 4.08. The fourth-order valence-electron chi connectivity index (χ4n) is 5.42. The van der Waals surface area contributed by atoms with Gasteiger partial charge in [-0.1, -0.05) is 96.5 Å². The second kappa shape index (κ2) is 13.4. The first-order valence-electron chi connectivity index (χ1n) is 13.6. The Morgan fingerprint density at radius 3 is 2.12 bits per heavy atom. The van der Waals surface area contributed by atoms with Gasteiger partial charge in [-0.2, -0.15) is 8.78 Å². The highest BCUT2D eigenvalue weighted by Gasteiger charge is 2.43. The minimum Gasteiger partial charge on any atom is -0.490 e. The molecule has 192 valence electrons. The highest BCUT2D eigenvalue weighted by molar-refractivity contribution is 5.60. The second-order valence-corrected chi connectivity index (χ2v) is 10.4. The van der Waals surface area contributed by atoms with Crippen LogP contribution >= 0.6 is 0 Å². The Morgan fingerprint density at radius 2 is 1.47 bits per heavy atom. The summed E-state index contributed by atoms with van der Waals surface area (Å²) in [6, 6.07) is 2.94. The summed E-state index contributed by atoms with van der Waals surface area (Å²) >= 11 is 0. The van der Waals surface area contributed by atoms with Crippen LogP contribution in [-0.2, 0) is 10.8 Å². The van der Waals surface area contributed by atoms with Crippen molar-refractivity contribution < 1.29 is 22.6 Å². The quantitative estimate of drug-likeness (QED) is 0.247. The van der Waals surface area contributed by atoms with E-state index in [1.54, 1.807) is 0 Å². The van der Waals surface area contributed by atoms with Gasteiger partial charge >= 0.3 is 6.11 Å². The van der Waals surface area contributed by atoms with E-state index >= 15 is 0 Å². The molecule has 1 aliphatic heterocycles. The first-order valence-corrected chi connectivity index (χ1v) is 13.6. The Hall–Kier alpha value is -1.65. The van der Waals surface area contributed by atoms with Gasteiger partial charge in [0.25, 0.3) is 0 Å². The number of benzene rings is 1. The van der Waals surface area contributed by atoms with Crippen molar-refractivity contribution in [2.45, 2.75) is 116 Å². The minimum atomic E-state index is -3.68. The predicted molar refractivity (Wildman–Crippen MR) is 132 cm³/mol. The molecule has 5 heteroatoms. The monoisotopic (exact) mass is 480 g/mol. The summed E-state index contributed by atoms with van der Waals surface area (Å²) in [4.78, 5) is 0. The van der Waals surface area contributed by atoms with E-state index in [4.69, 9.17) is 4.74 Å². The van der Waals surface area contributed by atoms with Gasteiger partial charge in [-0.3, -0.25) is 0 Å². The van der Waals surface area contributed by atoms with Gasteiger partial charge in [-0.15, -0.1) is 0 Å². The molecule has 2 aliphatic rings. The molecule has 0 N–H and O–H groups in total. The molecule has 1 saturated carbocycles. The van der Waals surface area contributed by atoms with Crippen LogP contribution in [0.3, 0.4) is 0 Å². The third-order valence-corrected chi connectivity index (χ3v) is 7.48. The third-order valence-electron chi connectivity index (χ3n) is 7.48. The van der Waals surface area contributed by atoms with E-state index in [2.05, 4.69) is 11.7 Å². The van der Waals surface area contributed by atoms with Crippen molar-refractivity contribution in [3.05, 3.63) is 34.8 Å². The molecule has 0 atom stereocenters. The van der Waals surface area contributed by atoms with Gasteiger partial charge in [0.15, 0.2) is 11.6 Å². The molecule has 1 heterocycles. The Kier molecular flexibility index (Phi) is 10.7. The molecule has 0 amide bonds. The average molecular weight is 481 g/mol. The number of allylic oxidation sites excluding steroid dienone is 1. The van der Waals surface area contributed by atoms with E-state index in [0.717, 1.165) is 18.8 Å². The first-order chi connectivity index (χ1) is 16.4. The van der Waals surface area contributed by atoms with E-state index in [0.29, 0.717) is 12.5 Å². The SMILES string of the molecule is CCCCCCCCCCCCC1CCC(COc2ccc3c(c2F)C(F)(F)OC(C)=C3)CC1. The summed E-state index contributed by atoms with van der Waals surface area (Å²) in [5, 5.41) is 0. The van der Waals surface area contributed by atoms with Crippen molar-refractivity contribution in [2.24, 2.45) is 11.8 Å². The Labute approximate surface area is 204 Å². The smallest absolute Gasteiger partial charge is 0.429 e. The summed E-state index contributed by atoms with van der Waals surface area (Å²) in [5.41, 5.74) is -0.582. The predicted octanol–water partition coefficient (Wildman–Crippen LogP) is 9.76. The highest BCUT2D eigenvalue weighted by atomic mass is 19.3. The maximum Gasteiger partial charge on any atom is 0.429 e. The summed E-state index contributed by atoms with van der Waals surface area (Å²) in [6.07, 6.45) is 17.3. The van der Waals surface area contributed by atoms with Crippen molar-refractivity contribution in [1.29, 1.82) is 0 Å². The topological polar surface area (TPSA) is 18.5 Å². The zero-order valence-electron chi connectivity index (χ0n) is 21.2. The van der Waals surface area contributed by atoms with Gasteiger partial charge in [0.2, 0.25) is 0 Å². The minimum absolute atomic E-state index is 0.0696. The first kappa shape index (κ1) is 26.9. The van der Waals surface area contributed by atoms with Gasteiger partial charge in [0.05, 0.1) is 6.61 Å². The Bertz CT molecular complexity index is 782. The molecule has 0 spiro atoms. The molecule has 1 aliphatic carbocycles. The Morgan fingerprint density at radius 1 is 0.882 bits per heavy atom. The van der Waals surface area contributed by atoms with E-state index in [-0.39, 0.29) is 17.1 Å². The largest absolute Gasteiger partial charge is 0.490 e. The number of alkyl halides is 2. The lowest BCUT2D eigenvalue weighted by Gasteiger charge is -2.29. The van der Waals surface area contributed by atoms with Crippen LogP contribution in [0.1, 0.15) is 121 Å². The fraction of sp³-hybridized carbons (Fsp3) is 0.724. The zero-order chi connectivity index (χ0) is 24.4. The van der Waals surface area contributed by atoms with Crippen LogP contribution in [0.25, 0.3) is 6.08 Å². The third kappa shape index (κ3) is 7.95. The van der Waals surface area contributed by atoms with Gasteiger partial charge < -0.3 is 9.47 Å². The number of halogens is 3. The van der Waals surface area contributed by atoms with E-state index in [9.17, 15) is 13.2 Å². The van der Waals surface area contributed by atoms with E-state index in [1.807, 2.05) is 0 Å². The van der Waals surface area contributed by atoms with Crippen molar-refractivity contribution in [3.63, 3.8) is 0 Å². The molecular weight excluding hydrogens is 437 g/mol. The molecular formula is C29H43F3O2. The average Bonchev–Trinajstić information content (AvgIpc) is 2.79. The number of fused-ring (bicyclic) bond motifs is 1. The normalized spacial score (nSPS) is 21.5. The molecule has 34 heavy (non-hydrogen) atoms. The molecule has 1 aromatic carbocycles. The molecule has 0 radical (unpaired) electrons. The van der Waals surface area contributed by atoms with Crippen molar-refractivity contribution in [3.8, 4) is 5.75 Å². The molecule has 3 rings (SSSR count). The molecule has 0 unspecified atom stereocenters. The van der Waals surface area contributed by atoms with Crippen LogP contribution in [0.2, 0.25) is 0 Å². The number of hydrogen-bond donors (Lipinski definition) is 0. The lowest BCUT2D eigenvalue weighted by Crippen LogP contribution is -2.24.